The van der Waals surface area contributed by atoms with Crippen molar-refractivity contribution >= 4 is 17.9 Å². The molecule has 1 unspecified atom stereocenters. The highest BCUT2D eigenvalue weighted by Crippen LogP contribution is 2.17. The molecule has 0 saturated heterocycles. The minimum atomic E-state index is -0.773. The van der Waals surface area contributed by atoms with Crippen molar-refractivity contribution in [1.82, 2.24) is 0 Å². The Kier molecular flexibility index (Phi) is 51.7. The van der Waals surface area contributed by atoms with E-state index in [9.17, 15) is 14.4 Å². The average Bonchev–Trinajstić information content (AvgIpc) is 3.29. The molecule has 0 aliphatic carbocycles. The Balaban J connectivity index is 4.32. The van der Waals surface area contributed by atoms with Gasteiger partial charge in [-0.15, -0.1) is 0 Å². The zero-order valence-electron chi connectivity index (χ0n) is 43.1. The maximum Gasteiger partial charge on any atom is 0.306 e. The van der Waals surface area contributed by atoms with Crippen molar-refractivity contribution in [2.45, 2.75) is 316 Å². The van der Waals surface area contributed by atoms with Gasteiger partial charge in [0.1, 0.15) is 13.2 Å². The minimum absolute atomic E-state index is 0.0716. The molecule has 0 aliphatic heterocycles. The Morgan fingerprint density at radius 3 is 0.906 bits per heavy atom. The van der Waals surface area contributed by atoms with Gasteiger partial charge in [0, 0.05) is 19.3 Å². The highest BCUT2D eigenvalue weighted by Gasteiger charge is 2.19. The fourth-order valence-electron chi connectivity index (χ4n) is 8.40. The van der Waals surface area contributed by atoms with Crippen LogP contribution in [0.15, 0.2) is 24.3 Å². The van der Waals surface area contributed by atoms with Crippen molar-refractivity contribution < 1.29 is 28.6 Å². The average molecular weight is 901 g/mol. The van der Waals surface area contributed by atoms with Gasteiger partial charge < -0.3 is 14.2 Å². The zero-order chi connectivity index (χ0) is 46.5. The molecule has 376 valence electrons. The number of rotatable bonds is 52. The standard InChI is InChI=1S/C58H108O6/c1-4-7-10-13-16-19-22-25-28-29-30-31-34-36-39-42-45-48-51-57(60)63-54-55(64-58(61)52-49-46-43-40-37-33-27-24-21-18-15-12-9-6-3)53-62-56(59)50-47-44-41-38-35-32-26-23-20-17-14-11-8-5-2/h15,18,24,27,55H,4-14,16-17,19-23,25-26,28-54H2,1-3H3/b18-15-,27-24-. The highest BCUT2D eigenvalue weighted by molar-refractivity contribution is 5.71. The van der Waals surface area contributed by atoms with Crippen molar-refractivity contribution in [3.05, 3.63) is 24.3 Å². The highest BCUT2D eigenvalue weighted by atomic mass is 16.6. The summed E-state index contributed by atoms with van der Waals surface area (Å²) in [6, 6.07) is 0. The van der Waals surface area contributed by atoms with Crippen molar-refractivity contribution in [3.8, 4) is 0 Å². The van der Waals surface area contributed by atoms with E-state index in [4.69, 9.17) is 14.2 Å². The monoisotopic (exact) mass is 901 g/mol. The van der Waals surface area contributed by atoms with Gasteiger partial charge in [-0.25, -0.2) is 0 Å². The predicted molar refractivity (Wildman–Crippen MR) is 275 cm³/mol. The lowest BCUT2D eigenvalue weighted by Crippen LogP contribution is -2.30. The molecule has 0 heterocycles. The lowest BCUT2D eigenvalue weighted by molar-refractivity contribution is -0.167. The number of carbonyl (C=O) groups is 3. The summed E-state index contributed by atoms with van der Waals surface area (Å²) >= 11 is 0. The van der Waals surface area contributed by atoms with Crippen molar-refractivity contribution in [2.75, 3.05) is 13.2 Å². The molecule has 0 aromatic rings. The molecule has 64 heavy (non-hydrogen) atoms. The van der Waals surface area contributed by atoms with Gasteiger partial charge in [-0.05, 0) is 44.9 Å². The summed E-state index contributed by atoms with van der Waals surface area (Å²) in [5, 5.41) is 0. The van der Waals surface area contributed by atoms with Gasteiger partial charge in [0.05, 0.1) is 0 Å². The first-order valence-electron chi connectivity index (χ1n) is 28.3. The molecule has 0 saturated carbocycles. The van der Waals surface area contributed by atoms with Crippen molar-refractivity contribution in [2.24, 2.45) is 0 Å². The number of hydrogen-bond donors (Lipinski definition) is 0. The second-order valence-corrected chi connectivity index (χ2v) is 19.2. The van der Waals surface area contributed by atoms with Crippen LogP contribution in [0, 0.1) is 0 Å². The SMILES string of the molecule is CCCC/C=C\C/C=C\CCCCCCCC(=O)OC(COC(=O)CCCCCCCCCCCCCCCC)COC(=O)CCCCCCCCCCCCCCCCCCCC. The van der Waals surface area contributed by atoms with Crippen LogP contribution >= 0.6 is 0 Å². The van der Waals surface area contributed by atoms with Crippen LogP contribution in [0.1, 0.15) is 310 Å². The Morgan fingerprint density at radius 1 is 0.312 bits per heavy atom. The van der Waals surface area contributed by atoms with E-state index in [1.165, 1.54) is 186 Å². The van der Waals surface area contributed by atoms with Crippen LogP contribution in [0.4, 0.5) is 0 Å². The van der Waals surface area contributed by atoms with E-state index in [1.54, 1.807) is 0 Å². The molecule has 0 aromatic heterocycles. The van der Waals surface area contributed by atoms with Crippen LogP contribution in [0.3, 0.4) is 0 Å². The van der Waals surface area contributed by atoms with E-state index in [-0.39, 0.29) is 31.1 Å². The van der Waals surface area contributed by atoms with E-state index in [0.29, 0.717) is 19.3 Å². The molecule has 0 fully saturated rings. The Labute approximate surface area is 398 Å². The molecule has 0 radical (unpaired) electrons. The van der Waals surface area contributed by atoms with Crippen molar-refractivity contribution in [3.63, 3.8) is 0 Å². The molecule has 0 aromatic carbocycles. The summed E-state index contributed by atoms with van der Waals surface area (Å²) in [6.45, 7) is 6.63. The van der Waals surface area contributed by atoms with E-state index in [1.807, 2.05) is 0 Å². The Hall–Kier alpha value is -2.11. The zero-order valence-corrected chi connectivity index (χ0v) is 43.1. The summed E-state index contributed by atoms with van der Waals surface area (Å²) in [5.74, 6) is -0.865. The molecule has 0 spiro atoms. The van der Waals surface area contributed by atoms with Gasteiger partial charge in [-0.1, -0.05) is 270 Å². The lowest BCUT2D eigenvalue weighted by Gasteiger charge is -2.18. The Morgan fingerprint density at radius 2 is 0.578 bits per heavy atom. The molecule has 6 nitrogen and oxygen atoms in total. The molecule has 0 N–H and O–H groups in total. The van der Waals surface area contributed by atoms with E-state index < -0.39 is 6.10 Å². The number of ether oxygens (including phenoxy) is 3. The molecular formula is C58H108O6. The molecule has 0 aliphatic rings. The molecule has 6 heteroatoms. The molecular weight excluding hydrogens is 793 g/mol. The van der Waals surface area contributed by atoms with Gasteiger partial charge >= 0.3 is 17.9 Å². The second kappa shape index (κ2) is 53.5. The van der Waals surface area contributed by atoms with E-state index in [0.717, 1.165) is 83.5 Å². The third-order valence-electron chi connectivity index (χ3n) is 12.7. The van der Waals surface area contributed by atoms with Gasteiger partial charge in [-0.3, -0.25) is 14.4 Å². The van der Waals surface area contributed by atoms with Crippen LogP contribution in [-0.2, 0) is 28.6 Å². The minimum Gasteiger partial charge on any atom is -0.462 e. The van der Waals surface area contributed by atoms with Crippen LogP contribution in [0.2, 0.25) is 0 Å². The van der Waals surface area contributed by atoms with E-state index in [2.05, 4.69) is 45.1 Å². The summed E-state index contributed by atoms with van der Waals surface area (Å²) in [5.41, 5.74) is 0. The largest absolute Gasteiger partial charge is 0.462 e. The smallest absolute Gasteiger partial charge is 0.306 e. The van der Waals surface area contributed by atoms with E-state index >= 15 is 0 Å². The van der Waals surface area contributed by atoms with Crippen molar-refractivity contribution in [1.29, 1.82) is 0 Å². The molecule has 0 bridgehead atoms. The van der Waals surface area contributed by atoms with Crippen LogP contribution in [0.25, 0.3) is 0 Å². The maximum atomic E-state index is 12.8. The molecule has 0 amide bonds. The summed E-state index contributed by atoms with van der Waals surface area (Å²) in [6.07, 6.45) is 61.6. The number of esters is 3. The first kappa shape index (κ1) is 61.9. The third-order valence-corrected chi connectivity index (χ3v) is 12.7. The van der Waals surface area contributed by atoms with Crippen LogP contribution in [0.5, 0.6) is 0 Å². The summed E-state index contributed by atoms with van der Waals surface area (Å²) < 4.78 is 16.9. The quantitative estimate of drug-likeness (QED) is 0.0262. The second-order valence-electron chi connectivity index (χ2n) is 19.2. The number of carbonyl (C=O) groups excluding carboxylic acids is 3. The van der Waals surface area contributed by atoms with Gasteiger partial charge in [-0.2, -0.15) is 0 Å². The first-order valence-corrected chi connectivity index (χ1v) is 28.3. The predicted octanol–water partition coefficient (Wildman–Crippen LogP) is 18.7. The van der Waals surface area contributed by atoms with Crippen LogP contribution < -0.4 is 0 Å². The Bertz CT molecular complexity index is 1040. The first-order chi connectivity index (χ1) is 31.5. The van der Waals surface area contributed by atoms with Crippen LogP contribution in [-0.4, -0.2) is 37.2 Å². The number of hydrogen-bond acceptors (Lipinski definition) is 6. The maximum absolute atomic E-state index is 12.8. The topological polar surface area (TPSA) is 78.9 Å². The number of allylic oxidation sites excluding steroid dienone is 4. The third kappa shape index (κ3) is 50.9. The fraction of sp³-hybridized carbons (Fsp3) is 0.879. The molecule has 0 rings (SSSR count). The number of unbranched alkanes of at least 4 members (excludes halogenated alkanes) is 37. The normalized spacial score (nSPS) is 12.1. The van der Waals surface area contributed by atoms with Gasteiger partial charge in [0.25, 0.3) is 0 Å². The summed E-state index contributed by atoms with van der Waals surface area (Å²) in [4.78, 5) is 38.1. The van der Waals surface area contributed by atoms with Gasteiger partial charge in [0.2, 0.25) is 0 Å². The van der Waals surface area contributed by atoms with Gasteiger partial charge in [0.15, 0.2) is 6.10 Å². The lowest BCUT2D eigenvalue weighted by atomic mass is 10.0. The summed E-state index contributed by atoms with van der Waals surface area (Å²) in [7, 11) is 0. The fourth-order valence-corrected chi connectivity index (χ4v) is 8.40. The molecule has 1 atom stereocenters.